The fourth-order valence-corrected chi connectivity index (χ4v) is 2.86. The van der Waals surface area contributed by atoms with Crippen LogP contribution in [0.5, 0.6) is 0 Å². The number of carbonyl (C=O) groups is 1. The Morgan fingerprint density at radius 1 is 1.08 bits per heavy atom. The van der Waals surface area contributed by atoms with Gasteiger partial charge in [-0.2, -0.15) is 0 Å². The summed E-state index contributed by atoms with van der Waals surface area (Å²) in [6.45, 7) is 7.63. The number of H-pyrrole nitrogens is 1. The molecule has 2 aromatic carbocycles. The van der Waals surface area contributed by atoms with Gasteiger partial charge < -0.3 is 15.0 Å². The minimum absolute atomic E-state index is 0.286. The number of fused-ring (bicyclic) bond motifs is 1. The zero-order valence-electron chi connectivity index (χ0n) is 15.1. The standard InChI is InChI=1S/C21H24N2O2/c1-14-9-11-15(12-10-14)19(23-20(24)25-21(2,3)4)17-13-22-18-8-6-5-7-16(17)18/h5-13,19,22H,1-4H3,(H,23,24)/t19-/m0/s1. The quantitative estimate of drug-likeness (QED) is 0.700. The molecule has 1 amide bonds. The van der Waals surface area contributed by atoms with Crippen molar-refractivity contribution in [1.82, 2.24) is 10.3 Å². The minimum atomic E-state index is -0.540. The third kappa shape index (κ3) is 4.02. The average Bonchev–Trinajstić information content (AvgIpc) is 2.96. The highest BCUT2D eigenvalue weighted by Gasteiger charge is 2.23. The van der Waals surface area contributed by atoms with Crippen LogP contribution in [-0.2, 0) is 4.74 Å². The number of nitrogens with one attached hydrogen (secondary N) is 2. The van der Waals surface area contributed by atoms with Crippen molar-refractivity contribution < 1.29 is 9.53 Å². The average molecular weight is 336 g/mol. The lowest BCUT2D eigenvalue weighted by molar-refractivity contribution is 0.0512. The highest BCUT2D eigenvalue weighted by Crippen LogP contribution is 2.29. The lowest BCUT2D eigenvalue weighted by Gasteiger charge is -2.24. The Kier molecular flexibility index (Phi) is 4.53. The van der Waals surface area contributed by atoms with Crippen LogP contribution in [0, 0.1) is 6.92 Å². The second-order valence-corrected chi connectivity index (χ2v) is 7.28. The van der Waals surface area contributed by atoms with Crippen LogP contribution in [0.4, 0.5) is 4.79 Å². The zero-order chi connectivity index (χ0) is 18.0. The molecule has 0 aliphatic carbocycles. The van der Waals surface area contributed by atoms with Crippen molar-refractivity contribution in [1.29, 1.82) is 0 Å². The van der Waals surface area contributed by atoms with E-state index in [1.807, 2.05) is 76.4 Å². The zero-order valence-corrected chi connectivity index (χ0v) is 15.1. The third-order valence-corrected chi connectivity index (χ3v) is 4.00. The lowest BCUT2D eigenvalue weighted by Crippen LogP contribution is -2.35. The first-order chi connectivity index (χ1) is 11.8. The molecule has 0 bridgehead atoms. The molecule has 1 aromatic heterocycles. The van der Waals surface area contributed by atoms with E-state index in [0.29, 0.717) is 0 Å². The van der Waals surface area contributed by atoms with Gasteiger partial charge >= 0.3 is 6.09 Å². The molecule has 0 aliphatic rings. The summed E-state index contributed by atoms with van der Waals surface area (Å²) in [6.07, 6.45) is 1.52. The summed E-state index contributed by atoms with van der Waals surface area (Å²) < 4.78 is 5.46. The van der Waals surface area contributed by atoms with Crippen LogP contribution < -0.4 is 5.32 Å². The number of benzene rings is 2. The summed E-state index contributed by atoms with van der Waals surface area (Å²) in [6, 6.07) is 16.0. The van der Waals surface area contributed by atoms with Crippen molar-refractivity contribution in [2.75, 3.05) is 0 Å². The van der Waals surface area contributed by atoms with Gasteiger partial charge in [0.2, 0.25) is 0 Å². The van der Waals surface area contributed by atoms with Gasteiger partial charge in [-0.25, -0.2) is 4.79 Å². The smallest absolute Gasteiger partial charge is 0.408 e. The fraction of sp³-hybridized carbons (Fsp3) is 0.286. The Morgan fingerprint density at radius 2 is 1.76 bits per heavy atom. The van der Waals surface area contributed by atoms with E-state index < -0.39 is 11.7 Å². The summed E-state index contributed by atoms with van der Waals surface area (Å²) in [5.74, 6) is 0. The van der Waals surface area contributed by atoms with Gasteiger partial charge in [0, 0.05) is 22.7 Å². The van der Waals surface area contributed by atoms with Crippen LogP contribution in [0.2, 0.25) is 0 Å². The first-order valence-corrected chi connectivity index (χ1v) is 8.45. The molecule has 1 heterocycles. The Labute approximate surface area is 148 Å². The molecule has 2 N–H and O–H groups in total. The number of aryl methyl sites for hydroxylation is 1. The molecule has 3 rings (SSSR count). The van der Waals surface area contributed by atoms with Crippen LogP contribution >= 0.6 is 0 Å². The van der Waals surface area contributed by atoms with Gasteiger partial charge in [0.25, 0.3) is 0 Å². The molecule has 0 fully saturated rings. The van der Waals surface area contributed by atoms with Crippen LogP contribution in [0.15, 0.2) is 54.7 Å². The van der Waals surface area contributed by atoms with Crippen LogP contribution in [0.3, 0.4) is 0 Å². The molecule has 25 heavy (non-hydrogen) atoms. The van der Waals surface area contributed by atoms with E-state index in [0.717, 1.165) is 22.0 Å². The number of hydrogen-bond donors (Lipinski definition) is 2. The summed E-state index contributed by atoms with van der Waals surface area (Å²) >= 11 is 0. The number of aromatic nitrogens is 1. The lowest BCUT2D eigenvalue weighted by atomic mass is 9.97. The largest absolute Gasteiger partial charge is 0.444 e. The van der Waals surface area contributed by atoms with Crippen molar-refractivity contribution in [3.05, 3.63) is 71.4 Å². The summed E-state index contributed by atoms with van der Waals surface area (Å²) in [5.41, 5.74) is 3.72. The number of aromatic amines is 1. The molecule has 0 unspecified atom stereocenters. The van der Waals surface area contributed by atoms with E-state index in [4.69, 9.17) is 4.74 Å². The summed E-state index contributed by atoms with van der Waals surface area (Å²) in [4.78, 5) is 15.7. The summed E-state index contributed by atoms with van der Waals surface area (Å²) in [7, 11) is 0. The number of amides is 1. The van der Waals surface area contributed by atoms with Gasteiger partial charge in [-0.1, -0.05) is 48.0 Å². The molecule has 0 saturated heterocycles. The molecule has 0 saturated carbocycles. The van der Waals surface area contributed by atoms with Crippen molar-refractivity contribution in [2.24, 2.45) is 0 Å². The van der Waals surface area contributed by atoms with Crippen molar-refractivity contribution in [2.45, 2.75) is 39.3 Å². The number of alkyl carbamates (subject to hydrolysis) is 1. The van der Waals surface area contributed by atoms with Crippen LogP contribution in [0.1, 0.15) is 43.5 Å². The Bertz CT molecular complexity index is 873. The Hall–Kier alpha value is -2.75. The van der Waals surface area contributed by atoms with E-state index >= 15 is 0 Å². The van der Waals surface area contributed by atoms with Crippen LogP contribution in [-0.4, -0.2) is 16.7 Å². The maximum absolute atomic E-state index is 12.4. The van der Waals surface area contributed by atoms with Gasteiger partial charge in [-0.05, 0) is 39.3 Å². The predicted octanol–water partition coefficient (Wildman–Crippen LogP) is 5.09. The van der Waals surface area contributed by atoms with Gasteiger partial charge in [0.15, 0.2) is 0 Å². The molecule has 0 radical (unpaired) electrons. The Balaban J connectivity index is 2.00. The van der Waals surface area contributed by atoms with E-state index in [9.17, 15) is 4.79 Å². The number of ether oxygens (including phenoxy) is 1. The molecular formula is C21H24N2O2. The molecule has 1 atom stereocenters. The first-order valence-electron chi connectivity index (χ1n) is 8.45. The van der Waals surface area contributed by atoms with E-state index in [2.05, 4.69) is 16.4 Å². The minimum Gasteiger partial charge on any atom is -0.444 e. The second-order valence-electron chi connectivity index (χ2n) is 7.28. The van der Waals surface area contributed by atoms with Gasteiger partial charge in [-0.3, -0.25) is 0 Å². The van der Waals surface area contributed by atoms with E-state index in [1.165, 1.54) is 5.56 Å². The second kappa shape index (κ2) is 6.63. The highest BCUT2D eigenvalue weighted by molar-refractivity contribution is 5.84. The predicted molar refractivity (Wildman–Crippen MR) is 101 cm³/mol. The summed E-state index contributed by atoms with van der Waals surface area (Å²) in [5, 5.41) is 4.11. The Morgan fingerprint density at radius 3 is 2.44 bits per heavy atom. The molecule has 0 spiro atoms. The monoisotopic (exact) mass is 336 g/mol. The number of para-hydroxylation sites is 1. The molecule has 130 valence electrons. The molecule has 4 nitrogen and oxygen atoms in total. The normalized spacial score (nSPS) is 12.8. The number of hydrogen-bond acceptors (Lipinski definition) is 2. The molecule has 4 heteroatoms. The van der Waals surface area contributed by atoms with Crippen molar-refractivity contribution in [3.8, 4) is 0 Å². The molecule has 0 aliphatic heterocycles. The van der Waals surface area contributed by atoms with Crippen LogP contribution in [0.25, 0.3) is 10.9 Å². The number of rotatable bonds is 3. The molecular weight excluding hydrogens is 312 g/mol. The maximum atomic E-state index is 12.4. The van der Waals surface area contributed by atoms with Crippen molar-refractivity contribution in [3.63, 3.8) is 0 Å². The van der Waals surface area contributed by atoms with Gasteiger partial charge in [0.1, 0.15) is 5.60 Å². The van der Waals surface area contributed by atoms with Gasteiger partial charge in [-0.15, -0.1) is 0 Å². The first kappa shape index (κ1) is 17.1. The van der Waals surface area contributed by atoms with Crippen molar-refractivity contribution >= 4 is 17.0 Å². The van der Waals surface area contributed by atoms with E-state index in [-0.39, 0.29) is 6.04 Å². The molecule has 3 aromatic rings. The third-order valence-electron chi connectivity index (χ3n) is 4.00. The number of carbonyl (C=O) groups excluding carboxylic acids is 1. The van der Waals surface area contributed by atoms with E-state index in [1.54, 1.807) is 0 Å². The highest BCUT2D eigenvalue weighted by atomic mass is 16.6. The topological polar surface area (TPSA) is 54.1 Å². The van der Waals surface area contributed by atoms with Gasteiger partial charge in [0.05, 0.1) is 6.04 Å². The maximum Gasteiger partial charge on any atom is 0.408 e. The fourth-order valence-electron chi connectivity index (χ4n) is 2.86. The SMILES string of the molecule is Cc1ccc([C@H](NC(=O)OC(C)(C)C)c2c[nH]c3ccccc23)cc1.